The van der Waals surface area contributed by atoms with Crippen LogP contribution in [0.3, 0.4) is 0 Å². The summed E-state index contributed by atoms with van der Waals surface area (Å²) in [7, 11) is 0. The van der Waals surface area contributed by atoms with Gasteiger partial charge in [0.25, 0.3) is 5.91 Å². The molecule has 0 spiro atoms. The lowest BCUT2D eigenvalue weighted by Crippen LogP contribution is -2.55. The summed E-state index contributed by atoms with van der Waals surface area (Å²) in [4.78, 5) is 42.6. The van der Waals surface area contributed by atoms with Crippen molar-refractivity contribution in [1.29, 1.82) is 0 Å². The van der Waals surface area contributed by atoms with Gasteiger partial charge in [0.1, 0.15) is 11.6 Å². The first-order valence-corrected chi connectivity index (χ1v) is 8.49. The van der Waals surface area contributed by atoms with Crippen LogP contribution in [-0.2, 0) is 9.53 Å². The maximum atomic E-state index is 12.9. The standard InChI is InChI=1S/C18H21N3O4/c1-18(2,3)25-17(24)19-10-12-9-13(19)14-15(22)21(16(23)20(12)14)11-7-5-4-6-8-11/h4-8,12-14H,9-10H2,1-3H3/t12-,13?,14+/m1/s1. The summed E-state index contributed by atoms with van der Waals surface area (Å²) in [5.41, 5.74) is -0.0281. The number of urea groups is 1. The van der Waals surface area contributed by atoms with Gasteiger partial charge in [-0.05, 0) is 39.3 Å². The predicted octanol–water partition coefficient (Wildman–Crippen LogP) is 2.22. The van der Waals surface area contributed by atoms with Crippen molar-refractivity contribution >= 4 is 23.7 Å². The summed E-state index contributed by atoms with van der Waals surface area (Å²) in [6.45, 7) is 5.85. The third-order valence-electron chi connectivity index (χ3n) is 4.91. The first-order valence-electron chi connectivity index (χ1n) is 8.49. The molecule has 132 valence electrons. The Morgan fingerprint density at radius 3 is 2.48 bits per heavy atom. The van der Waals surface area contributed by atoms with Gasteiger partial charge in [-0.1, -0.05) is 18.2 Å². The fourth-order valence-electron chi connectivity index (χ4n) is 4.00. The van der Waals surface area contributed by atoms with E-state index in [9.17, 15) is 14.4 Å². The number of anilines is 1. The second kappa shape index (κ2) is 5.21. The molecule has 0 aromatic heterocycles. The average molecular weight is 343 g/mol. The van der Waals surface area contributed by atoms with Crippen molar-refractivity contribution in [1.82, 2.24) is 9.80 Å². The van der Waals surface area contributed by atoms with Crippen LogP contribution in [0.4, 0.5) is 15.3 Å². The van der Waals surface area contributed by atoms with E-state index in [1.54, 1.807) is 34.1 Å². The van der Waals surface area contributed by atoms with E-state index in [-0.39, 0.29) is 24.0 Å². The molecular weight excluding hydrogens is 322 g/mol. The summed E-state index contributed by atoms with van der Waals surface area (Å²) < 4.78 is 5.45. The predicted molar refractivity (Wildman–Crippen MR) is 90.1 cm³/mol. The topological polar surface area (TPSA) is 70.2 Å². The van der Waals surface area contributed by atoms with Gasteiger partial charge in [0.2, 0.25) is 0 Å². The van der Waals surface area contributed by atoms with Crippen molar-refractivity contribution in [2.24, 2.45) is 0 Å². The lowest BCUT2D eigenvalue weighted by Gasteiger charge is -2.35. The number of carbonyl (C=O) groups excluding carboxylic acids is 3. The monoisotopic (exact) mass is 343 g/mol. The summed E-state index contributed by atoms with van der Waals surface area (Å²) in [5, 5.41) is 0. The summed E-state index contributed by atoms with van der Waals surface area (Å²) in [6, 6.07) is 7.55. The number of carbonyl (C=O) groups is 3. The molecule has 4 rings (SSSR count). The van der Waals surface area contributed by atoms with Crippen LogP contribution in [0, 0.1) is 0 Å². The van der Waals surface area contributed by atoms with Crippen LogP contribution in [-0.4, -0.2) is 58.1 Å². The fraction of sp³-hybridized carbons (Fsp3) is 0.500. The van der Waals surface area contributed by atoms with Crippen LogP contribution in [0.15, 0.2) is 30.3 Å². The van der Waals surface area contributed by atoms with Gasteiger partial charge in [-0.15, -0.1) is 0 Å². The number of fused-ring (bicyclic) bond motifs is 5. The number of rotatable bonds is 1. The van der Waals surface area contributed by atoms with Gasteiger partial charge in [-0.3, -0.25) is 4.79 Å². The van der Waals surface area contributed by atoms with Crippen LogP contribution in [0.5, 0.6) is 0 Å². The quantitative estimate of drug-likeness (QED) is 0.733. The highest BCUT2D eigenvalue weighted by Crippen LogP contribution is 2.42. The van der Waals surface area contributed by atoms with E-state index in [1.807, 2.05) is 26.8 Å². The van der Waals surface area contributed by atoms with Crippen molar-refractivity contribution in [3.05, 3.63) is 30.3 Å². The highest BCUT2D eigenvalue weighted by atomic mass is 16.6. The normalized spacial score (nSPS) is 28.0. The zero-order valence-electron chi connectivity index (χ0n) is 14.5. The molecule has 1 aromatic carbocycles. The largest absolute Gasteiger partial charge is 0.444 e. The van der Waals surface area contributed by atoms with Gasteiger partial charge in [0, 0.05) is 6.54 Å². The zero-order valence-corrected chi connectivity index (χ0v) is 14.5. The van der Waals surface area contributed by atoms with Gasteiger partial charge in [-0.2, -0.15) is 0 Å². The minimum absolute atomic E-state index is 0.132. The summed E-state index contributed by atoms with van der Waals surface area (Å²) in [6.07, 6.45) is 0.211. The van der Waals surface area contributed by atoms with Gasteiger partial charge in [-0.25, -0.2) is 14.5 Å². The Morgan fingerprint density at radius 1 is 1.16 bits per heavy atom. The lowest BCUT2D eigenvalue weighted by atomic mass is 10.1. The first-order chi connectivity index (χ1) is 11.8. The third-order valence-corrected chi connectivity index (χ3v) is 4.91. The van der Waals surface area contributed by atoms with Gasteiger partial charge in [0.05, 0.1) is 17.8 Å². The van der Waals surface area contributed by atoms with Crippen molar-refractivity contribution in [3.63, 3.8) is 0 Å². The minimum atomic E-state index is -0.612. The number of nitrogens with zero attached hydrogens (tertiary/aromatic N) is 3. The van der Waals surface area contributed by atoms with Crippen LogP contribution < -0.4 is 4.90 Å². The number of likely N-dealkylation sites (tertiary alicyclic amines) is 1. The fourth-order valence-corrected chi connectivity index (χ4v) is 4.00. The Hall–Kier alpha value is -2.57. The summed E-state index contributed by atoms with van der Waals surface area (Å²) in [5.74, 6) is -0.267. The van der Waals surface area contributed by atoms with E-state index in [0.717, 1.165) is 0 Å². The van der Waals surface area contributed by atoms with Crippen molar-refractivity contribution < 1.29 is 19.1 Å². The van der Waals surface area contributed by atoms with E-state index in [2.05, 4.69) is 0 Å². The molecule has 3 heterocycles. The zero-order chi connectivity index (χ0) is 17.9. The smallest absolute Gasteiger partial charge is 0.410 e. The molecule has 0 aliphatic carbocycles. The third kappa shape index (κ3) is 2.37. The highest BCUT2D eigenvalue weighted by Gasteiger charge is 2.63. The highest BCUT2D eigenvalue weighted by molar-refractivity contribution is 6.22. The molecule has 7 heteroatoms. The van der Waals surface area contributed by atoms with Crippen molar-refractivity contribution in [3.8, 4) is 0 Å². The minimum Gasteiger partial charge on any atom is -0.444 e. The average Bonchev–Trinajstić information content (AvgIpc) is 3.18. The molecule has 3 saturated heterocycles. The number of amides is 4. The molecule has 3 aliphatic rings. The molecule has 1 aromatic rings. The first kappa shape index (κ1) is 15.9. The van der Waals surface area contributed by atoms with Gasteiger partial charge in [0.15, 0.2) is 0 Å². The molecule has 0 radical (unpaired) electrons. The molecule has 7 nitrogen and oxygen atoms in total. The summed E-state index contributed by atoms with van der Waals surface area (Å²) >= 11 is 0. The van der Waals surface area contributed by atoms with E-state index in [4.69, 9.17) is 4.74 Å². The Bertz CT molecular complexity index is 742. The lowest BCUT2D eigenvalue weighted by molar-refractivity contribution is -0.121. The molecule has 0 N–H and O–H groups in total. The Labute approximate surface area is 146 Å². The SMILES string of the molecule is CC(C)(C)OC(=O)N1C[C@H]2CC1[C@H]1C(=O)N(c3ccccc3)C(=O)N21. The van der Waals surface area contributed by atoms with E-state index in [1.165, 1.54) is 4.90 Å². The molecular formula is C18H21N3O4. The maximum Gasteiger partial charge on any atom is 0.410 e. The molecule has 3 aliphatic heterocycles. The van der Waals surface area contributed by atoms with Crippen LogP contribution in [0.1, 0.15) is 27.2 Å². The maximum absolute atomic E-state index is 12.9. The van der Waals surface area contributed by atoms with Crippen molar-refractivity contribution in [2.45, 2.75) is 50.9 Å². The molecule has 3 atom stereocenters. The van der Waals surface area contributed by atoms with Crippen LogP contribution in [0.2, 0.25) is 0 Å². The number of para-hydroxylation sites is 1. The van der Waals surface area contributed by atoms with Crippen molar-refractivity contribution in [2.75, 3.05) is 11.4 Å². The van der Waals surface area contributed by atoms with Gasteiger partial charge >= 0.3 is 12.1 Å². The molecule has 3 fully saturated rings. The molecule has 2 bridgehead atoms. The Morgan fingerprint density at radius 2 is 1.84 bits per heavy atom. The second-order valence-electron chi connectivity index (χ2n) is 7.73. The molecule has 0 saturated carbocycles. The number of imide groups is 1. The Balaban J connectivity index is 1.60. The number of hydrogen-bond acceptors (Lipinski definition) is 4. The van der Waals surface area contributed by atoms with E-state index in [0.29, 0.717) is 18.7 Å². The van der Waals surface area contributed by atoms with E-state index >= 15 is 0 Å². The Kier molecular flexibility index (Phi) is 3.32. The number of benzene rings is 1. The van der Waals surface area contributed by atoms with E-state index < -0.39 is 17.7 Å². The second-order valence-corrected chi connectivity index (χ2v) is 7.73. The number of hydrogen-bond donors (Lipinski definition) is 0. The number of piperazine rings is 1. The molecule has 25 heavy (non-hydrogen) atoms. The van der Waals surface area contributed by atoms with Gasteiger partial charge < -0.3 is 14.5 Å². The molecule has 4 amide bonds. The molecule has 1 unspecified atom stereocenters. The number of ether oxygens (including phenoxy) is 1. The van der Waals surface area contributed by atoms with Crippen LogP contribution >= 0.6 is 0 Å². The van der Waals surface area contributed by atoms with Crippen LogP contribution in [0.25, 0.3) is 0 Å².